The molecule has 0 unspecified atom stereocenters. The topological polar surface area (TPSA) is 120 Å². The molecule has 0 aliphatic rings. The second-order valence-electron chi connectivity index (χ2n) is 2.03. The molecule has 1 aromatic rings. The second kappa shape index (κ2) is 4.28. The molecule has 0 aliphatic carbocycles. The fourth-order valence-electron chi connectivity index (χ4n) is 0.574. The number of hydrazone groups is 1. The third kappa shape index (κ3) is 2.79. The highest BCUT2D eigenvalue weighted by Crippen LogP contribution is 2.09. The van der Waals surface area contributed by atoms with Gasteiger partial charge in [0, 0.05) is 0 Å². The van der Waals surface area contributed by atoms with Crippen LogP contribution in [-0.4, -0.2) is 21.2 Å². The predicted molar refractivity (Wildman–Crippen MR) is 50.7 cm³/mol. The molecule has 1 rings (SSSR count). The van der Waals surface area contributed by atoms with Crippen molar-refractivity contribution in [1.29, 1.82) is 0 Å². The van der Waals surface area contributed by atoms with E-state index in [9.17, 15) is 10.1 Å². The average molecular weight is 215 g/mol. The number of nitrogens with one attached hydrogen (secondary N) is 1. The lowest BCUT2D eigenvalue weighted by Crippen LogP contribution is -2.23. The lowest BCUT2D eigenvalue weighted by molar-refractivity contribution is -0.402. The maximum Gasteiger partial charge on any atom is 0.453 e. The van der Waals surface area contributed by atoms with Crippen molar-refractivity contribution in [3.05, 3.63) is 22.2 Å². The van der Waals surface area contributed by atoms with Gasteiger partial charge in [-0.05, 0) is 12.2 Å². The summed E-state index contributed by atoms with van der Waals surface area (Å²) in [6, 6.07) is 0. The first-order valence-corrected chi connectivity index (χ1v) is 3.69. The third-order valence-electron chi connectivity index (χ3n) is 1.04. The highest BCUT2D eigenvalue weighted by Gasteiger charge is 2.11. The quantitative estimate of drug-likeness (QED) is 0.308. The first-order chi connectivity index (χ1) is 6.59. The van der Waals surface area contributed by atoms with Gasteiger partial charge < -0.3 is 10.2 Å². The molecule has 8 nitrogen and oxygen atoms in total. The summed E-state index contributed by atoms with van der Waals surface area (Å²) in [5.41, 5.74) is 7.30. The molecule has 14 heavy (non-hydrogen) atoms. The maximum absolute atomic E-state index is 10.2. The van der Waals surface area contributed by atoms with Gasteiger partial charge >= 0.3 is 5.88 Å². The summed E-state index contributed by atoms with van der Waals surface area (Å²) in [5, 5.41) is 13.6. The van der Waals surface area contributed by atoms with Crippen LogP contribution in [0.5, 0.6) is 0 Å². The van der Waals surface area contributed by atoms with E-state index in [-0.39, 0.29) is 11.0 Å². The summed E-state index contributed by atoms with van der Waals surface area (Å²) in [7, 11) is 0. The molecule has 1 aromatic heterocycles. The minimum atomic E-state index is -0.703. The molecule has 9 heteroatoms. The van der Waals surface area contributed by atoms with Crippen LogP contribution in [0.4, 0.5) is 5.88 Å². The van der Waals surface area contributed by atoms with E-state index in [0.29, 0.717) is 0 Å². The Kier molecular flexibility index (Phi) is 3.07. The summed E-state index contributed by atoms with van der Waals surface area (Å²) < 4.78 is 4.64. The zero-order valence-electron chi connectivity index (χ0n) is 6.71. The largest absolute Gasteiger partial charge is 0.453 e. The van der Waals surface area contributed by atoms with E-state index in [1.807, 2.05) is 0 Å². The minimum Gasteiger partial charge on any atom is -0.379 e. The maximum atomic E-state index is 10.2. The molecule has 0 bridgehead atoms. The van der Waals surface area contributed by atoms with Crippen LogP contribution in [-0.2, 0) is 0 Å². The molecule has 0 fully saturated rings. The van der Waals surface area contributed by atoms with Gasteiger partial charge in [0.25, 0.3) is 0 Å². The van der Waals surface area contributed by atoms with Gasteiger partial charge in [-0.3, -0.25) is 15.5 Å². The zero-order valence-corrected chi connectivity index (χ0v) is 7.52. The van der Waals surface area contributed by atoms with Crippen molar-refractivity contribution in [2.24, 2.45) is 10.8 Å². The second-order valence-corrected chi connectivity index (χ2v) is 2.47. The van der Waals surface area contributed by atoms with Crippen molar-refractivity contribution in [3.63, 3.8) is 0 Å². The first kappa shape index (κ1) is 10.1. The van der Waals surface area contributed by atoms with E-state index in [2.05, 4.69) is 32.1 Å². The van der Waals surface area contributed by atoms with Gasteiger partial charge in [0.1, 0.15) is 17.3 Å². The normalized spacial score (nSPS) is 10.3. The first-order valence-electron chi connectivity index (χ1n) is 3.28. The minimum absolute atomic E-state index is 0.0135. The number of thiocarbonyl (C=S) groups is 1. The van der Waals surface area contributed by atoms with Gasteiger partial charge in [0.05, 0.1) is 0 Å². The average Bonchev–Trinajstić information content (AvgIpc) is 2.52. The molecule has 0 aromatic carbocycles. The Balaban J connectivity index is 2.64. The van der Waals surface area contributed by atoms with Gasteiger partial charge in [-0.25, -0.2) is 4.98 Å². The lowest BCUT2D eigenvalue weighted by Gasteiger charge is -1.90. The van der Waals surface area contributed by atoms with Gasteiger partial charge in [0.15, 0.2) is 5.11 Å². The van der Waals surface area contributed by atoms with Crippen molar-refractivity contribution in [1.82, 2.24) is 10.4 Å². The Morgan fingerprint density at radius 2 is 2.64 bits per heavy atom. The zero-order chi connectivity index (χ0) is 10.6. The molecule has 0 saturated heterocycles. The molecular weight excluding hydrogens is 210 g/mol. The monoisotopic (exact) mass is 215 g/mol. The predicted octanol–water partition coefficient (Wildman–Crippen LogP) is -0.250. The molecule has 0 atom stereocenters. The Morgan fingerprint density at radius 3 is 3.14 bits per heavy atom. The van der Waals surface area contributed by atoms with Crippen LogP contribution in [0.15, 0.2) is 15.7 Å². The van der Waals surface area contributed by atoms with Gasteiger partial charge in [-0.15, -0.1) is 0 Å². The van der Waals surface area contributed by atoms with Crippen LogP contribution >= 0.6 is 12.2 Å². The van der Waals surface area contributed by atoms with Crippen LogP contribution in [0.25, 0.3) is 0 Å². The molecule has 0 aliphatic heterocycles. The molecule has 3 N–H and O–H groups in total. The number of nitrogens with zero attached hydrogens (tertiary/aromatic N) is 3. The smallest absolute Gasteiger partial charge is 0.379 e. The van der Waals surface area contributed by atoms with E-state index < -0.39 is 10.8 Å². The summed E-state index contributed by atoms with van der Waals surface area (Å²) in [4.78, 5) is 13.0. The van der Waals surface area contributed by atoms with Crippen molar-refractivity contribution >= 4 is 29.4 Å². The number of hydrogen-bond donors (Lipinski definition) is 2. The number of oxazole rings is 1. The van der Waals surface area contributed by atoms with Gasteiger partial charge in [-0.1, -0.05) is 0 Å². The summed E-state index contributed by atoms with van der Waals surface area (Å²) in [5.74, 6) is -0.470. The van der Waals surface area contributed by atoms with Crippen LogP contribution in [0, 0.1) is 10.1 Å². The highest BCUT2D eigenvalue weighted by atomic mass is 32.1. The number of hydrogen-bond acceptors (Lipinski definition) is 6. The molecular formula is C5H5N5O3S. The Morgan fingerprint density at radius 1 is 1.93 bits per heavy atom. The third-order valence-corrected chi connectivity index (χ3v) is 1.13. The van der Waals surface area contributed by atoms with Crippen LogP contribution in [0.3, 0.4) is 0 Å². The fraction of sp³-hybridized carbons (Fsp3) is 0. The van der Waals surface area contributed by atoms with Gasteiger partial charge in [-0.2, -0.15) is 5.10 Å². The number of aromatic nitrogens is 1. The van der Waals surface area contributed by atoms with E-state index >= 15 is 0 Å². The summed E-state index contributed by atoms with van der Waals surface area (Å²) >= 11 is 4.45. The van der Waals surface area contributed by atoms with Crippen molar-refractivity contribution in [3.8, 4) is 0 Å². The Hall–Kier alpha value is -2.03. The highest BCUT2D eigenvalue weighted by molar-refractivity contribution is 7.80. The Labute approximate surface area is 82.9 Å². The van der Waals surface area contributed by atoms with E-state index in [0.717, 1.165) is 12.4 Å². The van der Waals surface area contributed by atoms with Crippen molar-refractivity contribution in [2.75, 3.05) is 0 Å². The van der Waals surface area contributed by atoms with Crippen LogP contribution in [0.1, 0.15) is 5.89 Å². The Bertz CT molecular complexity index is 386. The number of rotatable bonds is 3. The standard InChI is InChI=1S/C5H5N5O3S/c6-5(14)9-8-1-3-7-2-4(13-3)10(11)12/h1-2H,(H3,6,9,14)/b8-1+. The fourth-order valence-corrected chi connectivity index (χ4v) is 0.627. The lowest BCUT2D eigenvalue weighted by atomic mass is 10.7. The SMILES string of the molecule is NC(=S)N/N=C/c1ncc([N+](=O)[O-])o1. The molecule has 74 valence electrons. The van der Waals surface area contributed by atoms with Crippen LogP contribution < -0.4 is 11.2 Å². The molecule has 0 radical (unpaired) electrons. The van der Waals surface area contributed by atoms with E-state index in [1.165, 1.54) is 0 Å². The van der Waals surface area contributed by atoms with Crippen molar-refractivity contribution in [2.45, 2.75) is 0 Å². The molecule has 0 saturated carbocycles. The molecule has 0 spiro atoms. The summed E-state index contributed by atoms with van der Waals surface area (Å²) in [6.45, 7) is 0. The van der Waals surface area contributed by atoms with Gasteiger partial charge in [0.2, 0.25) is 5.89 Å². The van der Waals surface area contributed by atoms with Crippen molar-refractivity contribution < 1.29 is 9.34 Å². The molecule has 0 amide bonds. The van der Waals surface area contributed by atoms with E-state index in [1.54, 1.807) is 0 Å². The van der Waals surface area contributed by atoms with E-state index in [4.69, 9.17) is 5.73 Å². The summed E-state index contributed by atoms with van der Waals surface area (Å²) in [6.07, 6.45) is 2.09. The number of nitro groups is 1. The molecule has 1 heterocycles. The number of nitrogens with two attached hydrogens (primary N) is 1. The van der Waals surface area contributed by atoms with Crippen LogP contribution in [0.2, 0.25) is 0 Å².